The average molecular weight is 289 g/mol. The van der Waals surface area contributed by atoms with Crippen LogP contribution in [0.3, 0.4) is 0 Å². The van der Waals surface area contributed by atoms with Crippen LogP contribution in [0.4, 0.5) is 4.79 Å². The minimum Gasteiger partial charge on any atom is -0.444 e. The molecule has 118 valence electrons. The average Bonchev–Trinajstić information content (AvgIpc) is 2.21. The van der Waals surface area contributed by atoms with E-state index in [4.69, 9.17) is 14.2 Å². The molecule has 0 bridgehead atoms. The number of hydrogen-bond donors (Lipinski definition) is 2. The zero-order chi connectivity index (χ0) is 15.5. The molecule has 1 rings (SSSR count). The van der Waals surface area contributed by atoms with Gasteiger partial charge in [-0.1, -0.05) is 0 Å². The summed E-state index contributed by atoms with van der Waals surface area (Å²) in [4.78, 5) is 11.8. The second-order valence-electron chi connectivity index (χ2n) is 6.48. The topological polar surface area (TPSA) is 77.0 Å². The van der Waals surface area contributed by atoms with Gasteiger partial charge in [0.25, 0.3) is 0 Å². The number of hydrogen-bond acceptors (Lipinski definition) is 5. The Morgan fingerprint density at radius 1 is 1.40 bits per heavy atom. The highest BCUT2D eigenvalue weighted by atomic mass is 16.7. The van der Waals surface area contributed by atoms with Crippen LogP contribution in [0, 0.1) is 0 Å². The van der Waals surface area contributed by atoms with Crippen molar-refractivity contribution in [2.45, 2.75) is 84.2 Å². The lowest BCUT2D eigenvalue weighted by atomic mass is 10.0. The molecule has 0 spiro atoms. The molecule has 6 nitrogen and oxygen atoms in total. The normalized spacial score (nSPS) is 31.2. The van der Waals surface area contributed by atoms with Crippen molar-refractivity contribution in [3.63, 3.8) is 0 Å². The molecule has 1 amide bonds. The van der Waals surface area contributed by atoms with Crippen LogP contribution in [-0.4, -0.2) is 47.4 Å². The van der Waals surface area contributed by atoms with Crippen molar-refractivity contribution in [3.05, 3.63) is 0 Å². The van der Waals surface area contributed by atoms with Crippen molar-refractivity contribution in [1.29, 1.82) is 0 Å². The summed E-state index contributed by atoms with van der Waals surface area (Å²) in [6, 6.07) is -0.447. The first-order valence-electron chi connectivity index (χ1n) is 7.07. The van der Waals surface area contributed by atoms with Gasteiger partial charge in [-0.05, 0) is 48.0 Å². The molecular weight excluding hydrogens is 262 g/mol. The van der Waals surface area contributed by atoms with Crippen LogP contribution in [0.2, 0.25) is 0 Å². The van der Waals surface area contributed by atoms with E-state index in [0.717, 1.165) is 0 Å². The summed E-state index contributed by atoms with van der Waals surface area (Å²) in [7, 11) is 0. The second-order valence-corrected chi connectivity index (χ2v) is 6.48. The summed E-state index contributed by atoms with van der Waals surface area (Å²) in [6.45, 7) is 11.0. The van der Waals surface area contributed by atoms with Crippen LogP contribution in [0.25, 0.3) is 0 Å². The molecule has 0 aromatic rings. The van der Waals surface area contributed by atoms with E-state index >= 15 is 0 Å². The summed E-state index contributed by atoms with van der Waals surface area (Å²) < 4.78 is 16.3. The summed E-state index contributed by atoms with van der Waals surface area (Å²) in [6.07, 6.45) is -1.86. The Labute approximate surface area is 120 Å². The van der Waals surface area contributed by atoms with Crippen molar-refractivity contribution in [1.82, 2.24) is 5.32 Å². The lowest BCUT2D eigenvalue weighted by molar-refractivity contribution is -0.255. The molecule has 0 saturated carbocycles. The highest BCUT2D eigenvalue weighted by Gasteiger charge is 2.38. The molecule has 1 saturated heterocycles. The third-order valence-electron chi connectivity index (χ3n) is 2.75. The van der Waals surface area contributed by atoms with E-state index in [1.807, 2.05) is 20.8 Å². The molecule has 6 heteroatoms. The van der Waals surface area contributed by atoms with Gasteiger partial charge in [-0.25, -0.2) is 4.79 Å². The minimum absolute atomic E-state index is 0.0675. The molecule has 0 radical (unpaired) electrons. The van der Waals surface area contributed by atoms with Crippen LogP contribution in [-0.2, 0) is 14.2 Å². The number of rotatable bonds is 3. The maximum atomic E-state index is 11.8. The van der Waals surface area contributed by atoms with Crippen molar-refractivity contribution in [3.8, 4) is 0 Å². The monoisotopic (exact) mass is 289 g/mol. The van der Waals surface area contributed by atoms with Crippen LogP contribution in [0.5, 0.6) is 0 Å². The Balaban J connectivity index is 2.61. The van der Waals surface area contributed by atoms with Crippen molar-refractivity contribution >= 4 is 6.09 Å². The fourth-order valence-electron chi connectivity index (χ4n) is 2.04. The summed E-state index contributed by atoms with van der Waals surface area (Å²) in [5.74, 6) is 0. The zero-order valence-corrected chi connectivity index (χ0v) is 13.2. The summed E-state index contributed by atoms with van der Waals surface area (Å²) in [5.41, 5.74) is -0.570. The summed E-state index contributed by atoms with van der Waals surface area (Å²) in [5, 5.41) is 12.9. The number of ether oxygens (including phenoxy) is 3. The van der Waals surface area contributed by atoms with Gasteiger partial charge in [-0.15, -0.1) is 0 Å². The highest BCUT2D eigenvalue weighted by Crippen LogP contribution is 2.22. The van der Waals surface area contributed by atoms with Gasteiger partial charge >= 0.3 is 6.09 Å². The molecular formula is C14H27NO5. The van der Waals surface area contributed by atoms with Gasteiger partial charge < -0.3 is 24.6 Å². The lowest BCUT2D eigenvalue weighted by Crippen LogP contribution is -2.56. The SMILES string of the molecule is CC(C)OC1OC(C)CC(NC(=O)OC(C)(C)C)C1O. The van der Waals surface area contributed by atoms with Gasteiger partial charge in [0, 0.05) is 0 Å². The van der Waals surface area contributed by atoms with Crippen LogP contribution in [0.1, 0.15) is 48.0 Å². The molecule has 1 heterocycles. The first-order chi connectivity index (χ1) is 9.08. The van der Waals surface area contributed by atoms with Crippen molar-refractivity contribution < 1.29 is 24.1 Å². The molecule has 1 aliphatic rings. The highest BCUT2D eigenvalue weighted by molar-refractivity contribution is 5.68. The Hall–Kier alpha value is -0.850. The molecule has 4 atom stereocenters. The molecule has 0 aliphatic carbocycles. The van der Waals surface area contributed by atoms with E-state index in [-0.39, 0.29) is 12.2 Å². The van der Waals surface area contributed by atoms with Gasteiger partial charge in [-0.2, -0.15) is 0 Å². The van der Waals surface area contributed by atoms with Crippen molar-refractivity contribution in [2.75, 3.05) is 0 Å². The molecule has 1 aliphatic heterocycles. The lowest BCUT2D eigenvalue weighted by Gasteiger charge is -2.39. The summed E-state index contributed by atoms with van der Waals surface area (Å²) >= 11 is 0. The van der Waals surface area contributed by atoms with Gasteiger partial charge in [-0.3, -0.25) is 0 Å². The standard InChI is InChI=1S/C14H27NO5/c1-8(2)18-12-11(16)10(7-9(3)19-12)15-13(17)20-14(4,5)6/h8-12,16H,7H2,1-6H3,(H,15,17). The van der Waals surface area contributed by atoms with E-state index in [1.54, 1.807) is 20.8 Å². The quantitative estimate of drug-likeness (QED) is 0.828. The van der Waals surface area contributed by atoms with Crippen LogP contribution >= 0.6 is 0 Å². The number of carbonyl (C=O) groups excluding carboxylic acids is 1. The smallest absolute Gasteiger partial charge is 0.407 e. The molecule has 2 N–H and O–H groups in total. The van der Waals surface area contributed by atoms with Gasteiger partial charge in [0.05, 0.1) is 18.2 Å². The molecule has 1 fully saturated rings. The number of aliphatic hydroxyl groups is 1. The Morgan fingerprint density at radius 2 is 2.00 bits per heavy atom. The predicted octanol–water partition coefficient (Wildman–Crippen LogP) is 1.80. The maximum absolute atomic E-state index is 11.8. The van der Waals surface area contributed by atoms with Gasteiger partial charge in [0.1, 0.15) is 11.7 Å². The Morgan fingerprint density at radius 3 is 2.50 bits per heavy atom. The molecule has 0 aromatic carbocycles. The van der Waals surface area contributed by atoms with E-state index in [9.17, 15) is 9.90 Å². The number of alkyl carbamates (subject to hydrolysis) is 1. The number of aliphatic hydroxyl groups excluding tert-OH is 1. The van der Waals surface area contributed by atoms with E-state index in [0.29, 0.717) is 6.42 Å². The third kappa shape index (κ3) is 5.64. The Bertz CT molecular complexity index is 324. The van der Waals surface area contributed by atoms with E-state index < -0.39 is 30.1 Å². The first-order valence-corrected chi connectivity index (χ1v) is 7.07. The largest absolute Gasteiger partial charge is 0.444 e. The zero-order valence-electron chi connectivity index (χ0n) is 13.2. The van der Waals surface area contributed by atoms with Gasteiger partial charge in [0.15, 0.2) is 6.29 Å². The first kappa shape index (κ1) is 17.2. The molecule has 0 aromatic heterocycles. The van der Waals surface area contributed by atoms with E-state index in [2.05, 4.69) is 5.32 Å². The van der Waals surface area contributed by atoms with Crippen LogP contribution in [0.15, 0.2) is 0 Å². The predicted molar refractivity (Wildman–Crippen MR) is 74.3 cm³/mol. The molecule has 4 unspecified atom stereocenters. The fourth-order valence-corrected chi connectivity index (χ4v) is 2.04. The number of nitrogens with one attached hydrogen (secondary N) is 1. The number of amides is 1. The second kappa shape index (κ2) is 6.74. The van der Waals surface area contributed by atoms with Crippen molar-refractivity contribution in [2.24, 2.45) is 0 Å². The minimum atomic E-state index is -0.916. The molecule has 20 heavy (non-hydrogen) atoms. The third-order valence-corrected chi connectivity index (χ3v) is 2.75. The van der Waals surface area contributed by atoms with Crippen LogP contribution < -0.4 is 5.32 Å². The van der Waals surface area contributed by atoms with Gasteiger partial charge in [0.2, 0.25) is 0 Å². The number of carbonyl (C=O) groups is 1. The Kier molecular flexibility index (Phi) is 5.79. The fraction of sp³-hybridized carbons (Fsp3) is 0.929. The maximum Gasteiger partial charge on any atom is 0.407 e. The van der Waals surface area contributed by atoms with E-state index in [1.165, 1.54) is 0 Å².